The first-order valence-corrected chi connectivity index (χ1v) is 8.74. The lowest BCUT2D eigenvalue weighted by Gasteiger charge is -2.21. The Kier molecular flexibility index (Phi) is 4.91. The van der Waals surface area contributed by atoms with Gasteiger partial charge in [-0.05, 0) is 36.1 Å². The fourth-order valence-electron chi connectivity index (χ4n) is 2.29. The zero-order valence-electron chi connectivity index (χ0n) is 12.9. The fourth-order valence-corrected chi connectivity index (χ4v) is 3.52. The SMILES string of the molecule is CC(C)C(N)CCN(C)S(=O)(=O)c1ccc2c(c1)CCO2. The topological polar surface area (TPSA) is 72.6 Å². The van der Waals surface area contributed by atoms with Gasteiger partial charge in [-0.2, -0.15) is 0 Å². The summed E-state index contributed by atoms with van der Waals surface area (Å²) in [5.41, 5.74) is 6.94. The first-order valence-electron chi connectivity index (χ1n) is 7.30. The molecule has 2 rings (SSSR count). The molecular weight excluding hydrogens is 288 g/mol. The van der Waals surface area contributed by atoms with Gasteiger partial charge < -0.3 is 10.5 Å². The number of hydrogen-bond acceptors (Lipinski definition) is 4. The van der Waals surface area contributed by atoms with Gasteiger partial charge in [0.2, 0.25) is 10.0 Å². The summed E-state index contributed by atoms with van der Waals surface area (Å²) in [5.74, 6) is 1.14. The number of benzene rings is 1. The van der Waals surface area contributed by atoms with E-state index in [1.807, 2.05) is 13.8 Å². The van der Waals surface area contributed by atoms with Crippen molar-refractivity contribution in [1.29, 1.82) is 0 Å². The molecule has 5 nitrogen and oxygen atoms in total. The van der Waals surface area contributed by atoms with E-state index in [2.05, 4.69) is 0 Å². The second kappa shape index (κ2) is 6.34. The summed E-state index contributed by atoms with van der Waals surface area (Å²) in [5, 5.41) is 0. The fraction of sp³-hybridized carbons (Fsp3) is 0.600. The van der Waals surface area contributed by atoms with Gasteiger partial charge in [0.25, 0.3) is 0 Å². The standard InChI is InChI=1S/C15H24N2O3S/c1-11(2)14(16)6-8-17(3)21(18,19)13-4-5-15-12(10-13)7-9-20-15/h4-5,10-11,14H,6-9,16H2,1-3H3. The largest absolute Gasteiger partial charge is 0.493 e. The molecule has 1 heterocycles. The molecule has 1 aromatic carbocycles. The predicted molar refractivity (Wildman–Crippen MR) is 82.9 cm³/mol. The number of fused-ring (bicyclic) bond motifs is 1. The molecule has 1 atom stereocenters. The van der Waals surface area contributed by atoms with E-state index >= 15 is 0 Å². The highest BCUT2D eigenvalue weighted by molar-refractivity contribution is 7.89. The Morgan fingerprint density at radius 2 is 2.10 bits per heavy atom. The van der Waals surface area contributed by atoms with E-state index in [4.69, 9.17) is 10.5 Å². The summed E-state index contributed by atoms with van der Waals surface area (Å²) in [6.45, 7) is 5.13. The van der Waals surface area contributed by atoms with E-state index in [9.17, 15) is 8.42 Å². The maximum absolute atomic E-state index is 12.6. The maximum atomic E-state index is 12.6. The van der Waals surface area contributed by atoms with Crippen molar-refractivity contribution >= 4 is 10.0 Å². The van der Waals surface area contributed by atoms with Crippen LogP contribution in [0.25, 0.3) is 0 Å². The van der Waals surface area contributed by atoms with Crippen LogP contribution in [0.1, 0.15) is 25.8 Å². The molecule has 1 aliphatic rings. The lowest BCUT2D eigenvalue weighted by Crippen LogP contribution is -2.34. The summed E-state index contributed by atoms with van der Waals surface area (Å²) in [7, 11) is -1.86. The van der Waals surface area contributed by atoms with Crippen LogP contribution in [0.3, 0.4) is 0 Å². The normalized spacial score (nSPS) is 16.1. The van der Waals surface area contributed by atoms with Gasteiger partial charge in [0.15, 0.2) is 0 Å². The number of nitrogens with zero attached hydrogens (tertiary/aromatic N) is 1. The Morgan fingerprint density at radius 3 is 2.76 bits per heavy atom. The van der Waals surface area contributed by atoms with Crippen LogP contribution < -0.4 is 10.5 Å². The maximum Gasteiger partial charge on any atom is 0.242 e. The third-order valence-corrected chi connectivity index (χ3v) is 5.86. The van der Waals surface area contributed by atoms with E-state index in [0.717, 1.165) is 17.7 Å². The van der Waals surface area contributed by atoms with Gasteiger partial charge in [0.1, 0.15) is 5.75 Å². The van der Waals surface area contributed by atoms with Crippen molar-refractivity contribution in [2.45, 2.75) is 37.6 Å². The third kappa shape index (κ3) is 3.56. The van der Waals surface area contributed by atoms with Gasteiger partial charge in [0, 0.05) is 26.1 Å². The van der Waals surface area contributed by atoms with E-state index in [1.54, 1.807) is 25.2 Å². The van der Waals surface area contributed by atoms with Crippen molar-refractivity contribution < 1.29 is 13.2 Å². The van der Waals surface area contributed by atoms with E-state index in [1.165, 1.54) is 4.31 Å². The zero-order valence-corrected chi connectivity index (χ0v) is 13.7. The van der Waals surface area contributed by atoms with Gasteiger partial charge in [-0.15, -0.1) is 0 Å². The molecule has 0 fully saturated rings. The molecule has 0 saturated heterocycles. The van der Waals surface area contributed by atoms with Crippen molar-refractivity contribution in [1.82, 2.24) is 4.31 Å². The Bertz CT molecular complexity index is 599. The molecule has 1 aliphatic heterocycles. The van der Waals surface area contributed by atoms with Crippen LogP contribution in [-0.4, -0.2) is 39.0 Å². The molecule has 0 spiro atoms. The molecule has 0 amide bonds. The van der Waals surface area contributed by atoms with Crippen LogP contribution in [0.2, 0.25) is 0 Å². The average molecular weight is 312 g/mol. The van der Waals surface area contributed by atoms with Crippen LogP contribution in [0.15, 0.2) is 23.1 Å². The van der Waals surface area contributed by atoms with Crippen LogP contribution >= 0.6 is 0 Å². The molecule has 2 N–H and O–H groups in total. The highest BCUT2D eigenvalue weighted by Gasteiger charge is 2.24. The van der Waals surface area contributed by atoms with E-state index in [-0.39, 0.29) is 6.04 Å². The molecule has 6 heteroatoms. The lowest BCUT2D eigenvalue weighted by atomic mass is 10.0. The molecule has 0 aliphatic carbocycles. The monoisotopic (exact) mass is 312 g/mol. The van der Waals surface area contributed by atoms with Crippen LogP contribution in [0, 0.1) is 5.92 Å². The summed E-state index contributed by atoms with van der Waals surface area (Å²) in [6, 6.07) is 5.08. The lowest BCUT2D eigenvalue weighted by molar-refractivity contribution is 0.356. The Morgan fingerprint density at radius 1 is 1.38 bits per heavy atom. The smallest absolute Gasteiger partial charge is 0.242 e. The van der Waals surface area contributed by atoms with Gasteiger partial charge in [-0.1, -0.05) is 13.8 Å². The second-order valence-corrected chi connectivity index (χ2v) is 7.94. The van der Waals surface area contributed by atoms with Crippen LogP contribution in [0.5, 0.6) is 5.75 Å². The minimum Gasteiger partial charge on any atom is -0.493 e. The highest BCUT2D eigenvalue weighted by atomic mass is 32.2. The van der Waals surface area contributed by atoms with Gasteiger partial charge in [-0.25, -0.2) is 12.7 Å². The quantitative estimate of drug-likeness (QED) is 0.866. The highest BCUT2D eigenvalue weighted by Crippen LogP contribution is 2.28. The zero-order chi connectivity index (χ0) is 15.6. The number of sulfonamides is 1. The van der Waals surface area contributed by atoms with Crippen LogP contribution in [0.4, 0.5) is 0 Å². The molecular formula is C15H24N2O3S. The Hall–Kier alpha value is -1.11. The van der Waals surface area contributed by atoms with Crippen molar-refractivity contribution in [2.24, 2.45) is 11.7 Å². The van der Waals surface area contributed by atoms with Gasteiger partial charge >= 0.3 is 0 Å². The first kappa shape index (κ1) is 16.3. The number of rotatable bonds is 6. The van der Waals surface area contributed by atoms with Crippen molar-refractivity contribution in [3.05, 3.63) is 23.8 Å². The molecule has 118 valence electrons. The van der Waals surface area contributed by atoms with Crippen molar-refractivity contribution in [2.75, 3.05) is 20.2 Å². The molecule has 21 heavy (non-hydrogen) atoms. The summed E-state index contributed by atoms with van der Waals surface area (Å²) in [4.78, 5) is 0.326. The Balaban J connectivity index is 2.10. The second-order valence-electron chi connectivity index (χ2n) is 5.89. The van der Waals surface area contributed by atoms with E-state index in [0.29, 0.717) is 30.4 Å². The van der Waals surface area contributed by atoms with Crippen molar-refractivity contribution in [3.8, 4) is 5.75 Å². The average Bonchev–Trinajstić information content (AvgIpc) is 2.91. The number of ether oxygens (including phenoxy) is 1. The summed E-state index contributed by atoms with van der Waals surface area (Å²) < 4.78 is 31.9. The molecule has 1 aromatic rings. The molecule has 0 bridgehead atoms. The van der Waals surface area contributed by atoms with Crippen molar-refractivity contribution in [3.63, 3.8) is 0 Å². The Labute approximate surface area is 127 Å². The third-order valence-electron chi connectivity index (χ3n) is 4.00. The molecule has 0 radical (unpaired) electrons. The van der Waals surface area contributed by atoms with Gasteiger partial charge in [0.05, 0.1) is 11.5 Å². The van der Waals surface area contributed by atoms with Crippen LogP contribution in [-0.2, 0) is 16.4 Å². The molecule has 1 unspecified atom stereocenters. The van der Waals surface area contributed by atoms with E-state index < -0.39 is 10.0 Å². The number of hydrogen-bond donors (Lipinski definition) is 1. The molecule has 0 aromatic heterocycles. The van der Waals surface area contributed by atoms with Gasteiger partial charge in [-0.3, -0.25) is 0 Å². The first-order chi connectivity index (χ1) is 9.82. The summed E-state index contributed by atoms with van der Waals surface area (Å²) >= 11 is 0. The number of nitrogens with two attached hydrogens (primary N) is 1. The molecule has 0 saturated carbocycles. The predicted octanol–water partition coefficient (Wildman–Crippen LogP) is 1.62. The minimum absolute atomic E-state index is 0.0103. The minimum atomic E-state index is -3.46. The summed E-state index contributed by atoms with van der Waals surface area (Å²) in [6.07, 6.45) is 1.42.